The first-order valence-corrected chi connectivity index (χ1v) is 5.66. The summed E-state index contributed by atoms with van der Waals surface area (Å²) in [5, 5.41) is 6.12. The molecule has 1 aromatic carbocycles. The largest absolute Gasteiger partial charge is 0.497 e. The average molecular weight is 261 g/mol. The third-order valence-corrected chi connectivity index (χ3v) is 2.63. The zero-order chi connectivity index (χ0) is 13.8. The third kappa shape index (κ3) is 3.01. The van der Waals surface area contributed by atoms with Crippen LogP contribution in [0.4, 0.5) is 5.95 Å². The number of nitrogens with one attached hydrogen (secondary N) is 1. The zero-order valence-corrected chi connectivity index (χ0v) is 10.8. The number of methoxy groups -OCH3 is 1. The Hall–Kier alpha value is -2.57. The van der Waals surface area contributed by atoms with E-state index >= 15 is 0 Å². The zero-order valence-electron chi connectivity index (χ0n) is 10.8. The van der Waals surface area contributed by atoms with Crippen molar-refractivity contribution >= 4 is 11.9 Å². The van der Waals surface area contributed by atoms with Gasteiger partial charge in [-0.2, -0.15) is 4.98 Å². The van der Waals surface area contributed by atoms with Crippen LogP contribution in [0.15, 0.2) is 24.3 Å². The molecule has 0 aliphatic heterocycles. The first-order chi connectivity index (χ1) is 9.10. The number of anilines is 1. The van der Waals surface area contributed by atoms with Crippen molar-refractivity contribution in [1.29, 1.82) is 0 Å². The average Bonchev–Trinajstić information content (AvgIpc) is 2.85. The van der Waals surface area contributed by atoms with Gasteiger partial charge in [0.25, 0.3) is 5.91 Å². The van der Waals surface area contributed by atoms with E-state index in [-0.39, 0.29) is 17.7 Å². The van der Waals surface area contributed by atoms with Crippen molar-refractivity contribution in [2.45, 2.75) is 6.54 Å². The Morgan fingerprint density at radius 3 is 2.63 bits per heavy atom. The number of hydrogen-bond acceptors (Lipinski definition) is 5. The molecule has 1 heterocycles. The normalized spacial score (nSPS) is 10.2. The van der Waals surface area contributed by atoms with E-state index in [1.807, 2.05) is 24.3 Å². The fraction of sp³-hybridized carbons (Fsp3) is 0.250. The lowest BCUT2D eigenvalue weighted by Gasteiger charge is -2.15. The van der Waals surface area contributed by atoms with E-state index in [1.165, 1.54) is 4.90 Å². The molecule has 0 bridgehead atoms. The van der Waals surface area contributed by atoms with E-state index in [1.54, 1.807) is 14.2 Å². The summed E-state index contributed by atoms with van der Waals surface area (Å²) in [6, 6.07) is 7.49. The van der Waals surface area contributed by atoms with Crippen LogP contribution in [-0.2, 0) is 6.54 Å². The van der Waals surface area contributed by atoms with E-state index < -0.39 is 0 Å². The Morgan fingerprint density at radius 2 is 2.11 bits per heavy atom. The number of nitrogen functional groups attached to an aromatic ring is 1. The maximum Gasteiger partial charge on any atom is 0.291 e. The first kappa shape index (κ1) is 12.9. The highest BCUT2D eigenvalue weighted by atomic mass is 16.5. The number of benzene rings is 1. The molecule has 0 aliphatic rings. The number of nitrogens with two attached hydrogens (primary N) is 1. The number of amides is 1. The molecule has 0 unspecified atom stereocenters. The molecule has 2 rings (SSSR count). The molecule has 3 N–H and O–H groups in total. The Kier molecular flexibility index (Phi) is 3.65. The maximum absolute atomic E-state index is 12.0. The highest BCUT2D eigenvalue weighted by molar-refractivity contribution is 5.90. The number of rotatable bonds is 4. The van der Waals surface area contributed by atoms with Crippen molar-refractivity contribution in [2.75, 3.05) is 19.9 Å². The second-order valence-corrected chi connectivity index (χ2v) is 4.05. The molecule has 1 aromatic heterocycles. The fourth-order valence-electron chi connectivity index (χ4n) is 1.63. The van der Waals surface area contributed by atoms with Crippen LogP contribution in [0.5, 0.6) is 5.75 Å². The minimum atomic E-state index is -0.264. The van der Waals surface area contributed by atoms with Crippen LogP contribution >= 0.6 is 0 Å². The predicted octanol–water partition coefficient (Wildman–Crippen LogP) is 0.668. The molecule has 7 heteroatoms. The standard InChI is InChI=1S/C12H15N5O2/c1-17(11(18)10-14-12(13)16-15-10)7-8-3-5-9(19-2)6-4-8/h3-6H,7H2,1-2H3,(H3,13,14,15,16). The number of aromatic nitrogens is 3. The highest BCUT2D eigenvalue weighted by Gasteiger charge is 2.15. The Balaban J connectivity index is 2.03. The maximum atomic E-state index is 12.0. The molecule has 0 fully saturated rings. The topological polar surface area (TPSA) is 97.1 Å². The van der Waals surface area contributed by atoms with Gasteiger partial charge in [-0.05, 0) is 17.7 Å². The SMILES string of the molecule is COc1ccc(CN(C)C(=O)c2nc(N)n[nH]2)cc1. The van der Waals surface area contributed by atoms with Crippen LogP contribution in [0.3, 0.4) is 0 Å². The summed E-state index contributed by atoms with van der Waals surface area (Å²) in [6.07, 6.45) is 0. The summed E-state index contributed by atoms with van der Waals surface area (Å²) in [4.78, 5) is 17.3. The summed E-state index contributed by atoms with van der Waals surface area (Å²) < 4.78 is 5.08. The summed E-state index contributed by atoms with van der Waals surface area (Å²) in [5.74, 6) is 0.704. The second kappa shape index (κ2) is 5.38. The molecular weight excluding hydrogens is 246 g/mol. The van der Waals surface area contributed by atoms with Crippen LogP contribution in [0.1, 0.15) is 16.2 Å². The fourth-order valence-corrected chi connectivity index (χ4v) is 1.63. The van der Waals surface area contributed by atoms with Gasteiger partial charge in [0.15, 0.2) is 0 Å². The molecule has 0 spiro atoms. The van der Waals surface area contributed by atoms with Crippen LogP contribution < -0.4 is 10.5 Å². The van der Waals surface area contributed by atoms with Crippen LogP contribution in [-0.4, -0.2) is 40.1 Å². The van der Waals surface area contributed by atoms with Crippen LogP contribution in [0, 0.1) is 0 Å². The van der Waals surface area contributed by atoms with Gasteiger partial charge in [0.1, 0.15) is 5.75 Å². The molecule has 7 nitrogen and oxygen atoms in total. The van der Waals surface area contributed by atoms with Crippen molar-refractivity contribution in [2.24, 2.45) is 0 Å². The molecule has 0 saturated heterocycles. The molecule has 19 heavy (non-hydrogen) atoms. The van der Waals surface area contributed by atoms with Gasteiger partial charge < -0.3 is 15.4 Å². The lowest BCUT2D eigenvalue weighted by Crippen LogP contribution is -2.27. The van der Waals surface area contributed by atoms with Gasteiger partial charge in [-0.25, -0.2) is 0 Å². The van der Waals surface area contributed by atoms with Crippen LogP contribution in [0.25, 0.3) is 0 Å². The number of hydrogen-bond donors (Lipinski definition) is 2. The molecule has 0 saturated carbocycles. The summed E-state index contributed by atoms with van der Waals surface area (Å²) in [6.45, 7) is 0.462. The molecule has 0 aliphatic carbocycles. The number of carbonyl (C=O) groups excluding carboxylic acids is 1. The van der Waals surface area contributed by atoms with Gasteiger partial charge in [-0.15, -0.1) is 5.10 Å². The first-order valence-electron chi connectivity index (χ1n) is 5.66. The molecule has 100 valence electrons. The van der Waals surface area contributed by atoms with Gasteiger partial charge in [0.2, 0.25) is 11.8 Å². The number of carbonyl (C=O) groups is 1. The summed E-state index contributed by atoms with van der Waals surface area (Å²) in [5.41, 5.74) is 6.35. The van der Waals surface area contributed by atoms with Gasteiger partial charge in [-0.1, -0.05) is 12.1 Å². The van der Waals surface area contributed by atoms with E-state index in [0.29, 0.717) is 6.54 Å². The van der Waals surface area contributed by atoms with Gasteiger partial charge >= 0.3 is 0 Å². The minimum Gasteiger partial charge on any atom is -0.497 e. The van der Waals surface area contributed by atoms with E-state index in [4.69, 9.17) is 10.5 Å². The van der Waals surface area contributed by atoms with Gasteiger partial charge in [-0.3, -0.25) is 9.89 Å². The van der Waals surface area contributed by atoms with E-state index in [0.717, 1.165) is 11.3 Å². The summed E-state index contributed by atoms with van der Waals surface area (Å²) >= 11 is 0. The second-order valence-electron chi connectivity index (χ2n) is 4.05. The van der Waals surface area contributed by atoms with Crippen molar-refractivity contribution in [3.05, 3.63) is 35.7 Å². The molecule has 2 aromatic rings. The molecule has 1 amide bonds. The van der Waals surface area contributed by atoms with Gasteiger partial charge in [0.05, 0.1) is 7.11 Å². The third-order valence-electron chi connectivity index (χ3n) is 2.63. The Bertz CT molecular complexity index is 564. The van der Waals surface area contributed by atoms with Crippen molar-refractivity contribution in [3.8, 4) is 5.75 Å². The number of ether oxygens (including phenoxy) is 1. The lowest BCUT2D eigenvalue weighted by atomic mass is 10.2. The highest BCUT2D eigenvalue weighted by Crippen LogP contribution is 2.13. The van der Waals surface area contributed by atoms with Gasteiger partial charge in [0, 0.05) is 13.6 Å². The van der Waals surface area contributed by atoms with Crippen molar-refractivity contribution in [3.63, 3.8) is 0 Å². The smallest absolute Gasteiger partial charge is 0.291 e. The number of H-pyrrole nitrogens is 1. The lowest BCUT2D eigenvalue weighted by molar-refractivity contribution is 0.0773. The predicted molar refractivity (Wildman–Crippen MR) is 69.6 cm³/mol. The van der Waals surface area contributed by atoms with Crippen molar-refractivity contribution < 1.29 is 9.53 Å². The van der Waals surface area contributed by atoms with Crippen molar-refractivity contribution in [1.82, 2.24) is 20.1 Å². The summed E-state index contributed by atoms with van der Waals surface area (Å²) in [7, 11) is 3.30. The molecule has 0 radical (unpaired) electrons. The monoisotopic (exact) mass is 261 g/mol. The molecule has 0 atom stereocenters. The number of aromatic amines is 1. The quantitative estimate of drug-likeness (QED) is 0.843. The number of nitrogens with zero attached hydrogens (tertiary/aromatic N) is 3. The minimum absolute atomic E-state index is 0.0567. The van der Waals surface area contributed by atoms with E-state index in [9.17, 15) is 4.79 Å². The molecular formula is C12H15N5O2. The van der Waals surface area contributed by atoms with E-state index in [2.05, 4.69) is 15.2 Å². The van der Waals surface area contributed by atoms with Crippen LogP contribution in [0.2, 0.25) is 0 Å². The Labute approximate surface area is 110 Å². The Morgan fingerprint density at radius 1 is 1.42 bits per heavy atom.